The first-order valence-electron chi connectivity index (χ1n) is 6.73. The van der Waals surface area contributed by atoms with Gasteiger partial charge in [0.05, 0.1) is 5.69 Å². The first-order chi connectivity index (χ1) is 11.7. The molecule has 0 spiro atoms. The third-order valence-corrected chi connectivity index (χ3v) is 2.78. The van der Waals surface area contributed by atoms with Crippen molar-refractivity contribution in [3.63, 3.8) is 0 Å². The Balaban J connectivity index is 0.000000443. The predicted octanol–water partition coefficient (Wildman–Crippen LogP) is 3.78. The second-order valence-corrected chi connectivity index (χ2v) is 4.30. The normalized spacial score (nSPS) is 11.7. The molecule has 124 valence electrons. The maximum Gasteiger partial charge on any atom is 0.261 e. The topological polar surface area (TPSA) is 85.1 Å². The van der Waals surface area contributed by atoms with E-state index in [2.05, 4.69) is 24.9 Å². The first kappa shape index (κ1) is 21.4. The van der Waals surface area contributed by atoms with Gasteiger partial charge in [0.2, 0.25) is 0 Å². The summed E-state index contributed by atoms with van der Waals surface area (Å²) >= 11 is 6.67. The maximum atomic E-state index is 11.6. The Morgan fingerprint density at radius 3 is 1.46 bits per heavy atom. The quantitative estimate of drug-likeness (QED) is 0.759. The zero-order valence-electron chi connectivity index (χ0n) is 13.0. The summed E-state index contributed by atoms with van der Waals surface area (Å²) in [7, 11) is 0. The Labute approximate surface area is 151 Å². The van der Waals surface area contributed by atoms with Crippen molar-refractivity contribution in [3.8, 4) is 0 Å². The van der Waals surface area contributed by atoms with Gasteiger partial charge in [0.25, 0.3) is 11.8 Å². The lowest BCUT2D eigenvalue weighted by Crippen LogP contribution is -2.30. The second-order valence-electron chi connectivity index (χ2n) is 4.30. The minimum atomic E-state index is -0.265. The van der Waals surface area contributed by atoms with E-state index in [1.54, 1.807) is 31.2 Å². The van der Waals surface area contributed by atoms with Crippen molar-refractivity contribution in [3.05, 3.63) is 78.4 Å². The molecule has 0 atom stereocenters. The van der Waals surface area contributed by atoms with Crippen molar-refractivity contribution in [2.75, 3.05) is 4.90 Å². The average Bonchev–Trinajstić information content (AvgIpc) is 2.93. The molecule has 3 rings (SSSR count). The molecule has 2 aromatic rings. The van der Waals surface area contributed by atoms with Crippen molar-refractivity contribution in [2.45, 2.75) is 6.92 Å². The van der Waals surface area contributed by atoms with Gasteiger partial charge in [0, 0.05) is 36.5 Å². The van der Waals surface area contributed by atoms with Crippen LogP contribution in [0.4, 0.5) is 5.69 Å². The van der Waals surface area contributed by atoms with E-state index in [0.717, 1.165) is 0 Å². The summed E-state index contributed by atoms with van der Waals surface area (Å²) in [6, 6.07) is 20.9. The number of nitrogens with one attached hydrogen (secondary N) is 2. The predicted molar refractivity (Wildman–Crippen MR) is 99.3 cm³/mol. The van der Waals surface area contributed by atoms with Gasteiger partial charge in [-0.15, -0.1) is 0 Å². The van der Waals surface area contributed by atoms with E-state index in [0.29, 0.717) is 11.3 Å². The van der Waals surface area contributed by atoms with E-state index in [1.165, 1.54) is 11.0 Å². The highest BCUT2D eigenvalue weighted by molar-refractivity contribution is 7.45. The fourth-order valence-corrected chi connectivity index (χ4v) is 1.79. The van der Waals surface area contributed by atoms with Gasteiger partial charge in [-0.3, -0.25) is 9.59 Å². The molecule has 5 nitrogen and oxygen atoms in total. The van der Waals surface area contributed by atoms with Crippen LogP contribution in [0.1, 0.15) is 6.92 Å². The molecule has 0 aliphatic carbocycles. The summed E-state index contributed by atoms with van der Waals surface area (Å²) in [6.45, 7) is 1.64. The van der Waals surface area contributed by atoms with E-state index < -0.39 is 0 Å². The number of anilines is 1. The van der Waals surface area contributed by atoms with Crippen LogP contribution in [0.15, 0.2) is 78.4 Å². The van der Waals surface area contributed by atoms with E-state index >= 15 is 0 Å². The van der Waals surface area contributed by atoms with Gasteiger partial charge in [-0.25, -0.2) is 14.5 Å². The number of rotatable bonds is 1. The Hall–Kier alpha value is -2.64. The molecule has 1 aliphatic rings. The molecule has 2 amide bonds. The van der Waals surface area contributed by atoms with Gasteiger partial charge in [-0.05, 0) is 19.1 Å². The number of nitrogens with zero attached hydrogens (tertiary/aromatic N) is 1. The summed E-state index contributed by atoms with van der Waals surface area (Å²) in [5, 5.41) is 0. The maximum absolute atomic E-state index is 11.6. The Kier molecular flexibility index (Phi) is 11.4. The number of carbonyl (C=O) groups is 2. The van der Waals surface area contributed by atoms with Crippen LogP contribution in [0, 0.1) is 9.56 Å². The molecule has 2 N–H and O–H groups in total. The summed E-state index contributed by atoms with van der Waals surface area (Å²) < 4.78 is 10.7. The molecule has 24 heavy (non-hydrogen) atoms. The minimum Gasteiger partial charge on any atom is -0.269 e. The van der Waals surface area contributed by atoms with Crippen LogP contribution in [0.25, 0.3) is 0 Å². The van der Waals surface area contributed by atoms with E-state index in [9.17, 15) is 9.59 Å². The average molecular weight is 359 g/mol. The van der Waals surface area contributed by atoms with Crippen molar-refractivity contribution < 1.29 is 9.59 Å². The molecule has 0 saturated heterocycles. The van der Waals surface area contributed by atoms with Crippen molar-refractivity contribution in [2.24, 2.45) is 0 Å². The van der Waals surface area contributed by atoms with Crippen molar-refractivity contribution >= 4 is 42.4 Å². The lowest BCUT2D eigenvalue weighted by molar-refractivity contribution is -0.120. The Morgan fingerprint density at radius 1 is 0.750 bits per heavy atom. The minimum absolute atomic E-state index is 0.235. The number of para-hydroxylation sites is 1. The highest BCUT2D eigenvalue weighted by Gasteiger charge is 2.29. The van der Waals surface area contributed by atoms with Crippen LogP contribution in [-0.2, 0) is 34.4 Å². The van der Waals surface area contributed by atoms with Crippen LogP contribution < -0.4 is 4.90 Å². The fourth-order valence-electron chi connectivity index (χ4n) is 1.79. The highest BCUT2D eigenvalue weighted by atomic mass is 32.1. The fraction of sp³-hybridized carbons (Fsp3) is 0.0588. The lowest BCUT2D eigenvalue weighted by atomic mass is 10.3. The number of hydrogen-bond donors (Lipinski definition) is 2. The molecule has 1 aliphatic heterocycles. The number of imide groups is 1. The molecular weight excluding hydrogens is 342 g/mol. The highest BCUT2D eigenvalue weighted by Crippen LogP contribution is 2.21. The monoisotopic (exact) mass is 359 g/mol. The van der Waals surface area contributed by atoms with Crippen LogP contribution in [-0.4, -0.2) is 11.8 Å². The Morgan fingerprint density at radius 2 is 1.12 bits per heavy atom. The molecule has 0 unspecified atom stereocenters. The van der Waals surface area contributed by atoms with Crippen LogP contribution in [0.2, 0.25) is 0 Å². The van der Waals surface area contributed by atoms with E-state index in [1.807, 2.05) is 42.5 Å². The zero-order valence-corrected chi connectivity index (χ0v) is 14.6. The molecular formula is C17H17N3O2S2. The second kappa shape index (κ2) is 12.9. The van der Waals surface area contributed by atoms with Gasteiger partial charge in [0.1, 0.15) is 0 Å². The molecule has 0 bridgehead atoms. The van der Waals surface area contributed by atoms with Gasteiger partial charge in [0.15, 0.2) is 0 Å². The van der Waals surface area contributed by atoms with Crippen molar-refractivity contribution in [1.82, 2.24) is 0 Å². The van der Waals surface area contributed by atoms with E-state index in [-0.39, 0.29) is 11.8 Å². The molecule has 0 fully saturated rings. The van der Waals surface area contributed by atoms with Crippen molar-refractivity contribution in [1.29, 1.82) is 9.56 Å². The number of hydrogen-bond acceptors (Lipinski definition) is 6. The number of amides is 2. The van der Waals surface area contributed by atoms with Crippen LogP contribution >= 0.6 is 0 Å². The third kappa shape index (κ3) is 6.64. The smallest absolute Gasteiger partial charge is 0.261 e. The number of carbonyl (C=O) groups excluding carboxylic acids is 2. The summed E-state index contributed by atoms with van der Waals surface area (Å²) in [5.41, 5.74) is 1.11. The molecule has 7 heteroatoms. The standard InChI is InChI=1S/C11H9NO2.C6H6.2HNS/c1-8-7-10(13)12(11(8)14)9-5-3-2-4-6-9;1-2-4-6-5-3-1;2*1-2/h2-7H,1H3;1-6H;2*1H. The summed E-state index contributed by atoms with van der Waals surface area (Å²) in [4.78, 5) is 24.2. The number of benzene rings is 2. The lowest BCUT2D eigenvalue weighted by Gasteiger charge is -2.13. The molecule has 0 radical (unpaired) electrons. The van der Waals surface area contributed by atoms with Gasteiger partial charge < -0.3 is 0 Å². The van der Waals surface area contributed by atoms with Gasteiger partial charge in [-0.2, -0.15) is 0 Å². The summed E-state index contributed by atoms with van der Waals surface area (Å²) in [5.74, 6) is -0.500. The van der Waals surface area contributed by atoms with Gasteiger partial charge in [-0.1, -0.05) is 54.6 Å². The molecule has 0 saturated carbocycles. The third-order valence-electron chi connectivity index (χ3n) is 2.78. The SMILES string of the molecule is CC1=CC(=O)N(c2ccccc2)C1=O.N=S.N=S.c1ccccc1. The van der Waals surface area contributed by atoms with Crippen LogP contribution in [0.3, 0.4) is 0 Å². The van der Waals surface area contributed by atoms with E-state index in [4.69, 9.17) is 9.56 Å². The first-order valence-corrected chi connectivity index (χ1v) is 7.54. The molecule has 0 aromatic heterocycles. The summed E-state index contributed by atoms with van der Waals surface area (Å²) in [6.07, 6.45) is 1.36. The molecule has 1 heterocycles. The zero-order chi connectivity index (χ0) is 18.4. The van der Waals surface area contributed by atoms with Crippen LogP contribution in [0.5, 0.6) is 0 Å². The Bertz CT molecular complexity index is 635. The molecule has 2 aromatic carbocycles. The largest absolute Gasteiger partial charge is 0.269 e. The van der Waals surface area contributed by atoms with Gasteiger partial charge >= 0.3 is 0 Å².